The molecule has 1 fully saturated rings. The first-order valence-corrected chi connectivity index (χ1v) is 9.38. The summed E-state index contributed by atoms with van der Waals surface area (Å²) in [5, 5.41) is 3.19. The summed E-state index contributed by atoms with van der Waals surface area (Å²) in [5.74, 6) is 0. The second kappa shape index (κ2) is 6.37. The third-order valence-electron chi connectivity index (χ3n) is 3.73. The lowest BCUT2D eigenvalue weighted by Crippen LogP contribution is -2.45. The van der Waals surface area contributed by atoms with Crippen molar-refractivity contribution in [3.05, 3.63) is 34.3 Å². The van der Waals surface area contributed by atoms with Gasteiger partial charge in [-0.15, -0.1) is 0 Å². The topological polar surface area (TPSA) is 46.2 Å². The number of halogens is 1. The lowest BCUT2D eigenvalue weighted by Gasteiger charge is -2.31. The highest BCUT2D eigenvalue weighted by atomic mass is 79.9. The second-order valence-electron chi connectivity index (χ2n) is 5.27. The van der Waals surface area contributed by atoms with Crippen molar-refractivity contribution in [1.29, 1.82) is 0 Å². The molecule has 5 heteroatoms. The summed E-state index contributed by atoms with van der Waals surface area (Å²) >= 11 is 3.41. The Balaban J connectivity index is 1.98. The van der Waals surface area contributed by atoms with Crippen LogP contribution in [-0.2, 0) is 16.4 Å². The Kier molecular flexibility index (Phi) is 5.03. The molecule has 0 heterocycles. The summed E-state index contributed by atoms with van der Waals surface area (Å²) in [5.41, 5.74) is 1.18. The molecule has 0 bridgehead atoms. The molecule has 1 N–H and O–H groups in total. The highest BCUT2D eigenvalue weighted by molar-refractivity contribution is 9.10. The van der Waals surface area contributed by atoms with Crippen molar-refractivity contribution in [3.63, 3.8) is 0 Å². The maximum atomic E-state index is 11.8. The van der Waals surface area contributed by atoms with E-state index in [1.165, 1.54) is 11.8 Å². The van der Waals surface area contributed by atoms with E-state index in [0.717, 1.165) is 36.7 Å². The zero-order valence-electron chi connectivity index (χ0n) is 11.1. The molecule has 106 valence electrons. The van der Waals surface area contributed by atoms with E-state index >= 15 is 0 Å². The number of nitrogens with one attached hydrogen (secondary N) is 1. The van der Waals surface area contributed by atoms with Crippen LogP contribution in [0.5, 0.6) is 0 Å². The minimum atomic E-state index is -2.96. The van der Waals surface area contributed by atoms with Crippen LogP contribution in [0.4, 0.5) is 0 Å². The largest absolute Gasteiger partial charge is 0.309 e. The first-order chi connectivity index (χ1) is 8.97. The van der Waals surface area contributed by atoms with Crippen LogP contribution in [0, 0.1) is 0 Å². The van der Waals surface area contributed by atoms with E-state index in [2.05, 4.69) is 33.4 Å². The quantitative estimate of drug-likeness (QED) is 0.912. The Morgan fingerprint density at radius 3 is 2.47 bits per heavy atom. The molecule has 0 saturated heterocycles. The number of hydrogen-bond donors (Lipinski definition) is 1. The number of benzene rings is 1. The van der Waals surface area contributed by atoms with Gasteiger partial charge < -0.3 is 5.32 Å². The van der Waals surface area contributed by atoms with Crippen LogP contribution in [0.3, 0.4) is 0 Å². The molecule has 0 aromatic heterocycles. The first-order valence-electron chi connectivity index (χ1n) is 6.63. The Labute approximate surface area is 123 Å². The molecule has 2 atom stereocenters. The van der Waals surface area contributed by atoms with Gasteiger partial charge in [0.2, 0.25) is 0 Å². The molecule has 1 aliphatic carbocycles. The molecular weight excluding hydrogens is 326 g/mol. The summed E-state index contributed by atoms with van der Waals surface area (Å²) in [6, 6.07) is 8.20. The van der Waals surface area contributed by atoms with E-state index in [1.54, 1.807) is 0 Å². The summed E-state index contributed by atoms with van der Waals surface area (Å²) in [7, 11) is -2.96. The van der Waals surface area contributed by atoms with E-state index in [-0.39, 0.29) is 11.3 Å². The number of sulfone groups is 1. The van der Waals surface area contributed by atoms with Gasteiger partial charge in [0.15, 0.2) is 9.84 Å². The van der Waals surface area contributed by atoms with Gasteiger partial charge >= 0.3 is 0 Å². The van der Waals surface area contributed by atoms with Gasteiger partial charge in [0.1, 0.15) is 0 Å². The van der Waals surface area contributed by atoms with Gasteiger partial charge in [0, 0.05) is 23.3 Å². The minimum absolute atomic E-state index is 0.0902. The van der Waals surface area contributed by atoms with Crippen LogP contribution >= 0.6 is 15.9 Å². The highest BCUT2D eigenvalue weighted by Gasteiger charge is 2.32. The maximum Gasteiger partial charge on any atom is 0.151 e. The zero-order chi connectivity index (χ0) is 13.9. The Morgan fingerprint density at radius 2 is 1.84 bits per heavy atom. The summed E-state index contributed by atoms with van der Waals surface area (Å²) in [6.07, 6.45) is 5.24. The van der Waals surface area contributed by atoms with Gasteiger partial charge in [-0.05, 0) is 30.5 Å². The lowest BCUT2D eigenvalue weighted by molar-refractivity contribution is 0.370. The molecule has 3 nitrogen and oxygen atoms in total. The summed E-state index contributed by atoms with van der Waals surface area (Å²) in [6.45, 7) is 0.726. The molecule has 1 saturated carbocycles. The number of hydrogen-bond acceptors (Lipinski definition) is 3. The Hall–Kier alpha value is -0.390. The van der Waals surface area contributed by atoms with Crippen molar-refractivity contribution < 1.29 is 8.42 Å². The molecule has 1 aliphatic rings. The average molecular weight is 346 g/mol. The fourth-order valence-electron chi connectivity index (χ4n) is 2.69. The zero-order valence-corrected chi connectivity index (χ0v) is 13.5. The molecule has 1 aromatic rings. The SMILES string of the molecule is CS(=O)(=O)C1CCCCC1NCc1ccc(Br)cc1. The van der Waals surface area contributed by atoms with E-state index in [1.807, 2.05) is 12.1 Å². The summed E-state index contributed by atoms with van der Waals surface area (Å²) in [4.78, 5) is 0. The van der Waals surface area contributed by atoms with E-state index < -0.39 is 9.84 Å². The third kappa shape index (κ3) is 4.29. The van der Waals surface area contributed by atoms with E-state index in [0.29, 0.717) is 0 Å². The van der Waals surface area contributed by atoms with Crippen LogP contribution in [0.15, 0.2) is 28.7 Å². The van der Waals surface area contributed by atoms with Crippen molar-refractivity contribution in [3.8, 4) is 0 Å². The molecule has 0 amide bonds. The van der Waals surface area contributed by atoms with Crippen molar-refractivity contribution in [2.24, 2.45) is 0 Å². The average Bonchev–Trinajstić information content (AvgIpc) is 2.37. The standard InChI is InChI=1S/C14H20BrNO2S/c1-19(17,18)14-5-3-2-4-13(14)16-10-11-6-8-12(15)9-7-11/h6-9,13-14,16H,2-5,10H2,1H3. The Morgan fingerprint density at radius 1 is 1.21 bits per heavy atom. The maximum absolute atomic E-state index is 11.8. The van der Waals surface area contributed by atoms with Crippen LogP contribution in [0.1, 0.15) is 31.2 Å². The molecular formula is C14H20BrNO2S. The molecule has 0 aliphatic heterocycles. The van der Waals surface area contributed by atoms with Crippen LogP contribution in [-0.4, -0.2) is 26.0 Å². The summed E-state index contributed by atoms with van der Waals surface area (Å²) < 4.78 is 24.7. The van der Waals surface area contributed by atoms with Gasteiger partial charge in [0.25, 0.3) is 0 Å². The van der Waals surface area contributed by atoms with Crippen molar-refractivity contribution in [2.75, 3.05) is 6.26 Å². The van der Waals surface area contributed by atoms with E-state index in [4.69, 9.17) is 0 Å². The molecule has 1 aromatic carbocycles. The van der Waals surface area contributed by atoms with Gasteiger partial charge in [-0.3, -0.25) is 0 Å². The van der Waals surface area contributed by atoms with Crippen molar-refractivity contribution in [2.45, 2.75) is 43.5 Å². The molecule has 2 rings (SSSR count). The van der Waals surface area contributed by atoms with Crippen LogP contribution < -0.4 is 5.32 Å². The molecule has 0 radical (unpaired) electrons. The predicted octanol–water partition coefficient (Wildman–Crippen LogP) is 2.89. The van der Waals surface area contributed by atoms with Crippen LogP contribution in [0.25, 0.3) is 0 Å². The normalized spacial score (nSPS) is 24.3. The monoisotopic (exact) mass is 345 g/mol. The third-order valence-corrected chi connectivity index (χ3v) is 5.93. The van der Waals surface area contributed by atoms with Gasteiger partial charge in [0.05, 0.1) is 5.25 Å². The highest BCUT2D eigenvalue weighted by Crippen LogP contribution is 2.24. The van der Waals surface area contributed by atoms with Gasteiger partial charge in [-0.1, -0.05) is 40.9 Å². The molecule has 19 heavy (non-hydrogen) atoms. The fraction of sp³-hybridized carbons (Fsp3) is 0.571. The molecule has 2 unspecified atom stereocenters. The fourth-order valence-corrected chi connectivity index (χ4v) is 4.38. The van der Waals surface area contributed by atoms with E-state index in [9.17, 15) is 8.42 Å². The Bertz CT molecular complexity index is 513. The lowest BCUT2D eigenvalue weighted by atomic mass is 9.94. The van der Waals surface area contributed by atoms with Crippen LogP contribution in [0.2, 0.25) is 0 Å². The smallest absolute Gasteiger partial charge is 0.151 e. The number of rotatable bonds is 4. The van der Waals surface area contributed by atoms with Crippen molar-refractivity contribution >= 4 is 25.8 Å². The molecule has 0 spiro atoms. The second-order valence-corrected chi connectivity index (χ2v) is 8.45. The van der Waals surface area contributed by atoms with Gasteiger partial charge in [-0.25, -0.2) is 8.42 Å². The van der Waals surface area contributed by atoms with Crippen molar-refractivity contribution in [1.82, 2.24) is 5.32 Å². The first kappa shape index (κ1) is 15.0. The minimum Gasteiger partial charge on any atom is -0.309 e. The van der Waals surface area contributed by atoms with Gasteiger partial charge in [-0.2, -0.15) is 0 Å². The predicted molar refractivity (Wildman–Crippen MR) is 81.9 cm³/mol.